The van der Waals surface area contributed by atoms with E-state index in [0.717, 1.165) is 12.0 Å². The van der Waals surface area contributed by atoms with Crippen LogP contribution < -0.4 is 0 Å². The molecule has 1 aromatic heterocycles. The van der Waals surface area contributed by atoms with Crippen molar-refractivity contribution in [1.29, 1.82) is 0 Å². The lowest BCUT2D eigenvalue weighted by atomic mass is 9.99. The highest BCUT2D eigenvalue weighted by Gasteiger charge is 2.07. The van der Waals surface area contributed by atoms with Gasteiger partial charge in [0.15, 0.2) is 0 Å². The molecule has 94 valence electrons. The van der Waals surface area contributed by atoms with Crippen LogP contribution >= 0.6 is 0 Å². The Balaban J connectivity index is 1.90. The minimum absolute atomic E-state index is 0.282. The monoisotopic (exact) mass is 242 g/mol. The number of Topliss-reactive ketones (excluding diaryl/α,β-unsaturated/α-hetero) is 1. The molecule has 0 aliphatic carbocycles. The fourth-order valence-electron chi connectivity index (χ4n) is 2.05. The molecule has 0 fully saturated rings. The topological polar surface area (TPSA) is 34.9 Å². The van der Waals surface area contributed by atoms with Crippen LogP contribution in [0, 0.1) is 0 Å². The Kier molecular flexibility index (Phi) is 4.29. The molecule has 1 heterocycles. The van der Waals surface area contributed by atoms with Crippen molar-refractivity contribution >= 4 is 5.78 Å². The first kappa shape index (κ1) is 12.6. The van der Waals surface area contributed by atoms with Gasteiger partial charge in [0.05, 0.1) is 6.33 Å². The number of rotatable bonds is 6. The Morgan fingerprint density at radius 1 is 1.28 bits per heavy atom. The van der Waals surface area contributed by atoms with Gasteiger partial charge in [-0.25, -0.2) is 4.98 Å². The molecule has 3 nitrogen and oxygen atoms in total. The maximum atomic E-state index is 11.9. The normalized spacial score (nSPS) is 10.5. The maximum Gasteiger partial charge on any atom is 0.139 e. The first-order valence-electron chi connectivity index (χ1n) is 6.34. The van der Waals surface area contributed by atoms with Gasteiger partial charge in [-0.2, -0.15) is 0 Å². The molecule has 0 N–H and O–H groups in total. The summed E-state index contributed by atoms with van der Waals surface area (Å²) < 4.78 is 1.93. The molecular weight excluding hydrogens is 224 g/mol. The smallest absolute Gasteiger partial charge is 0.139 e. The highest BCUT2D eigenvalue weighted by molar-refractivity contribution is 5.81. The first-order valence-corrected chi connectivity index (χ1v) is 6.34. The number of aromatic nitrogens is 2. The average molecular weight is 242 g/mol. The summed E-state index contributed by atoms with van der Waals surface area (Å²) in [7, 11) is 0. The molecule has 0 aliphatic rings. The van der Waals surface area contributed by atoms with Gasteiger partial charge in [0.1, 0.15) is 5.78 Å². The Morgan fingerprint density at radius 2 is 2.06 bits per heavy atom. The van der Waals surface area contributed by atoms with Gasteiger partial charge in [-0.15, -0.1) is 0 Å². The molecule has 1 aromatic carbocycles. The van der Waals surface area contributed by atoms with E-state index < -0.39 is 0 Å². The van der Waals surface area contributed by atoms with Crippen molar-refractivity contribution in [3.63, 3.8) is 0 Å². The zero-order chi connectivity index (χ0) is 12.8. The van der Waals surface area contributed by atoms with Crippen molar-refractivity contribution in [2.24, 2.45) is 0 Å². The summed E-state index contributed by atoms with van der Waals surface area (Å²) in [5.74, 6) is 0.282. The van der Waals surface area contributed by atoms with E-state index in [4.69, 9.17) is 0 Å². The fourth-order valence-corrected chi connectivity index (χ4v) is 2.05. The van der Waals surface area contributed by atoms with Gasteiger partial charge in [-0.3, -0.25) is 4.79 Å². The lowest BCUT2D eigenvalue weighted by Crippen LogP contribution is -2.08. The van der Waals surface area contributed by atoms with Crippen LogP contribution in [-0.4, -0.2) is 15.3 Å². The molecule has 0 atom stereocenters. The third kappa shape index (κ3) is 3.29. The third-order valence-electron chi connectivity index (χ3n) is 3.09. The van der Waals surface area contributed by atoms with Crippen LogP contribution in [0.5, 0.6) is 0 Å². The molecule has 0 saturated carbocycles. The second-order valence-electron chi connectivity index (χ2n) is 4.39. The minimum atomic E-state index is 0.282. The van der Waals surface area contributed by atoms with Crippen LogP contribution in [-0.2, 0) is 24.2 Å². The van der Waals surface area contributed by atoms with Gasteiger partial charge in [0, 0.05) is 31.8 Å². The van der Waals surface area contributed by atoms with Crippen molar-refractivity contribution in [2.75, 3.05) is 0 Å². The average Bonchev–Trinajstić information content (AvgIpc) is 2.90. The summed E-state index contributed by atoms with van der Waals surface area (Å²) in [6, 6.07) is 8.17. The van der Waals surface area contributed by atoms with Crippen molar-refractivity contribution in [2.45, 2.75) is 32.7 Å². The fraction of sp³-hybridized carbons (Fsp3) is 0.333. The van der Waals surface area contributed by atoms with E-state index in [1.54, 1.807) is 12.5 Å². The summed E-state index contributed by atoms with van der Waals surface area (Å²) in [6.07, 6.45) is 7.44. The minimum Gasteiger partial charge on any atom is -0.337 e. The van der Waals surface area contributed by atoms with Crippen molar-refractivity contribution in [3.05, 3.63) is 54.1 Å². The molecule has 18 heavy (non-hydrogen) atoms. The molecule has 3 heteroatoms. The molecule has 0 radical (unpaired) electrons. The zero-order valence-corrected chi connectivity index (χ0v) is 10.7. The van der Waals surface area contributed by atoms with Crippen LogP contribution in [0.2, 0.25) is 0 Å². The predicted octanol–water partition coefficient (Wildman–Crippen LogP) is 2.65. The highest BCUT2D eigenvalue weighted by Crippen LogP contribution is 2.11. The van der Waals surface area contributed by atoms with Crippen molar-refractivity contribution < 1.29 is 4.79 Å². The molecule has 0 aliphatic heterocycles. The largest absolute Gasteiger partial charge is 0.337 e. The molecule has 2 aromatic rings. The van der Waals surface area contributed by atoms with E-state index in [-0.39, 0.29) is 5.78 Å². The first-order chi connectivity index (χ1) is 8.79. The van der Waals surface area contributed by atoms with Crippen LogP contribution in [0.4, 0.5) is 0 Å². The molecule has 0 amide bonds. The Bertz CT molecular complexity index is 503. The number of carbonyl (C=O) groups excluding carboxylic acids is 1. The number of benzene rings is 1. The molecule has 2 rings (SSSR count). The molecular formula is C15H18N2O. The Hall–Kier alpha value is -1.90. The lowest BCUT2D eigenvalue weighted by molar-refractivity contribution is -0.118. The highest BCUT2D eigenvalue weighted by atomic mass is 16.1. The maximum absolute atomic E-state index is 11.9. The predicted molar refractivity (Wildman–Crippen MR) is 71.4 cm³/mol. The van der Waals surface area contributed by atoms with Crippen LogP contribution in [0.3, 0.4) is 0 Å². The molecule has 0 bridgehead atoms. The van der Waals surface area contributed by atoms with E-state index in [0.29, 0.717) is 19.4 Å². The number of hydrogen-bond acceptors (Lipinski definition) is 2. The number of hydrogen-bond donors (Lipinski definition) is 0. The van der Waals surface area contributed by atoms with Crippen molar-refractivity contribution in [3.8, 4) is 0 Å². The van der Waals surface area contributed by atoms with Gasteiger partial charge in [-0.1, -0.05) is 31.2 Å². The number of imidazole rings is 1. The summed E-state index contributed by atoms with van der Waals surface area (Å²) in [5, 5.41) is 0. The van der Waals surface area contributed by atoms with Crippen molar-refractivity contribution in [1.82, 2.24) is 9.55 Å². The van der Waals surface area contributed by atoms with E-state index in [1.807, 2.05) is 29.0 Å². The van der Waals surface area contributed by atoms with Gasteiger partial charge >= 0.3 is 0 Å². The standard InChI is InChI=1S/C15H18N2O/c1-2-13-5-3-4-6-14(13)11-15(18)7-9-17-10-8-16-12-17/h3-6,8,10,12H,2,7,9,11H2,1H3. The summed E-state index contributed by atoms with van der Waals surface area (Å²) in [4.78, 5) is 15.9. The quantitative estimate of drug-likeness (QED) is 0.780. The van der Waals surface area contributed by atoms with E-state index in [9.17, 15) is 4.79 Å². The van der Waals surface area contributed by atoms with Gasteiger partial charge in [0.25, 0.3) is 0 Å². The molecule has 0 unspecified atom stereocenters. The summed E-state index contributed by atoms with van der Waals surface area (Å²) in [5.41, 5.74) is 2.43. The number of nitrogens with zero attached hydrogens (tertiary/aromatic N) is 2. The SMILES string of the molecule is CCc1ccccc1CC(=O)CCn1ccnc1. The lowest BCUT2D eigenvalue weighted by Gasteiger charge is -2.07. The Labute approximate surface area is 107 Å². The van der Waals surface area contributed by atoms with E-state index in [2.05, 4.69) is 18.0 Å². The van der Waals surface area contributed by atoms with E-state index >= 15 is 0 Å². The third-order valence-corrected chi connectivity index (χ3v) is 3.09. The second-order valence-corrected chi connectivity index (χ2v) is 4.39. The zero-order valence-electron chi connectivity index (χ0n) is 10.7. The number of ketones is 1. The van der Waals surface area contributed by atoms with Crippen LogP contribution in [0.1, 0.15) is 24.5 Å². The van der Waals surface area contributed by atoms with E-state index in [1.165, 1.54) is 5.56 Å². The van der Waals surface area contributed by atoms with Gasteiger partial charge < -0.3 is 4.57 Å². The summed E-state index contributed by atoms with van der Waals surface area (Å²) >= 11 is 0. The number of carbonyl (C=O) groups is 1. The Morgan fingerprint density at radius 3 is 2.72 bits per heavy atom. The van der Waals surface area contributed by atoms with Crippen LogP contribution in [0.15, 0.2) is 43.0 Å². The summed E-state index contributed by atoms with van der Waals surface area (Å²) in [6.45, 7) is 2.84. The number of aryl methyl sites for hydroxylation is 2. The van der Waals surface area contributed by atoms with Crippen LogP contribution in [0.25, 0.3) is 0 Å². The van der Waals surface area contributed by atoms with Gasteiger partial charge in [-0.05, 0) is 17.5 Å². The van der Waals surface area contributed by atoms with Gasteiger partial charge in [0.2, 0.25) is 0 Å². The molecule has 0 spiro atoms. The molecule has 0 saturated heterocycles. The second kappa shape index (κ2) is 6.15.